The Labute approximate surface area is 261 Å². The number of carbonyl (C=O) groups excluding carboxylic acids is 2. The number of aromatic hydroxyl groups is 1. The molecule has 7 rings (SSSR count). The number of ether oxygens (including phenoxy) is 2. The largest absolute Gasteiger partial charge is 0.508 e. The Kier molecular flexibility index (Phi) is 7.04. The highest BCUT2D eigenvalue weighted by Crippen LogP contribution is 2.41. The Hall–Kier alpha value is -5.50. The second kappa shape index (κ2) is 11.2. The number of hydrogen-bond donors (Lipinski definition) is 1. The minimum absolute atomic E-state index is 0.00250. The average Bonchev–Trinajstić information content (AvgIpc) is 3.64. The number of benzene rings is 4. The summed E-state index contributed by atoms with van der Waals surface area (Å²) in [6.07, 6.45) is 0.774. The standard InChI is InChI=1S/C37H33N3O5/c1-23-17-25-9-7-8-10-26(25)21-39(23)36(42)32-20-35-34(44-22-45-35)19-31(32)33-18-30(24(2)38(33)3)37(43)40(27-11-5-4-6-12-27)28-13-15-29(41)16-14-28/h4-16,18-20,23,41H,17,21-22H2,1-3H3/t23-/m1/s1. The molecule has 2 amide bonds. The second-order valence-corrected chi connectivity index (χ2v) is 11.6. The predicted octanol–water partition coefficient (Wildman–Crippen LogP) is 7.00. The predicted molar refractivity (Wildman–Crippen MR) is 172 cm³/mol. The van der Waals surface area contributed by atoms with Crippen molar-refractivity contribution in [3.05, 3.63) is 125 Å². The Balaban J connectivity index is 1.32. The zero-order chi connectivity index (χ0) is 31.2. The molecule has 0 aliphatic carbocycles. The molecule has 8 heteroatoms. The summed E-state index contributed by atoms with van der Waals surface area (Å²) in [7, 11) is 1.90. The third-order valence-corrected chi connectivity index (χ3v) is 8.88. The van der Waals surface area contributed by atoms with E-state index in [9.17, 15) is 14.7 Å². The van der Waals surface area contributed by atoms with Gasteiger partial charge in [-0.15, -0.1) is 0 Å². The first-order valence-corrected chi connectivity index (χ1v) is 15.0. The van der Waals surface area contributed by atoms with Crippen molar-refractivity contribution < 1.29 is 24.2 Å². The van der Waals surface area contributed by atoms with Crippen molar-refractivity contribution in [1.29, 1.82) is 0 Å². The van der Waals surface area contributed by atoms with Crippen LogP contribution >= 0.6 is 0 Å². The van der Waals surface area contributed by atoms with Gasteiger partial charge in [0, 0.05) is 48.0 Å². The van der Waals surface area contributed by atoms with Crippen LogP contribution in [-0.4, -0.2) is 39.2 Å². The first kappa shape index (κ1) is 28.3. The number of anilines is 2. The van der Waals surface area contributed by atoms with Gasteiger partial charge in [0.05, 0.1) is 11.1 Å². The number of hydrogen-bond acceptors (Lipinski definition) is 5. The molecule has 1 atom stereocenters. The molecule has 1 N–H and O–H groups in total. The van der Waals surface area contributed by atoms with Crippen LogP contribution in [0.5, 0.6) is 17.2 Å². The lowest BCUT2D eigenvalue weighted by atomic mass is 9.93. The van der Waals surface area contributed by atoms with Crippen LogP contribution in [0, 0.1) is 6.92 Å². The molecule has 3 heterocycles. The molecule has 0 unspecified atom stereocenters. The third-order valence-electron chi connectivity index (χ3n) is 8.88. The topological polar surface area (TPSA) is 84.2 Å². The second-order valence-electron chi connectivity index (χ2n) is 11.6. The summed E-state index contributed by atoms with van der Waals surface area (Å²) in [6.45, 7) is 4.56. The Morgan fingerprint density at radius 2 is 1.47 bits per heavy atom. The monoisotopic (exact) mass is 599 g/mol. The van der Waals surface area contributed by atoms with E-state index in [0.717, 1.165) is 17.7 Å². The lowest BCUT2D eigenvalue weighted by molar-refractivity contribution is 0.0658. The van der Waals surface area contributed by atoms with E-state index in [2.05, 4.69) is 19.1 Å². The van der Waals surface area contributed by atoms with Gasteiger partial charge < -0.3 is 24.0 Å². The molecule has 0 fully saturated rings. The van der Waals surface area contributed by atoms with E-state index in [4.69, 9.17) is 9.47 Å². The summed E-state index contributed by atoms with van der Waals surface area (Å²) in [5.74, 6) is 0.856. The number of rotatable bonds is 5. The van der Waals surface area contributed by atoms with Crippen molar-refractivity contribution in [3.8, 4) is 28.5 Å². The molecular formula is C37H33N3O5. The molecule has 0 radical (unpaired) electrons. The molecule has 0 spiro atoms. The van der Waals surface area contributed by atoms with Gasteiger partial charge in [-0.2, -0.15) is 0 Å². The van der Waals surface area contributed by atoms with E-state index in [0.29, 0.717) is 51.8 Å². The number of phenolic OH excluding ortho intramolecular Hbond substituents is 1. The van der Waals surface area contributed by atoms with Gasteiger partial charge in [0.15, 0.2) is 11.5 Å². The molecule has 45 heavy (non-hydrogen) atoms. The molecule has 226 valence electrons. The molecule has 8 nitrogen and oxygen atoms in total. The number of aromatic nitrogens is 1. The lowest BCUT2D eigenvalue weighted by Crippen LogP contribution is -2.42. The van der Waals surface area contributed by atoms with Gasteiger partial charge in [0.1, 0.15) is 5.75 Å². The number of phenols is 1. The first-order valence-electron chi connectivity index (χ1n) is 15.0. The van der Waals surface area contributed by atoms with Crippen LogP contribution in [0.15, 0.2) is 97.1 Å². The maximum Gasteiger partial charge on any atom is 0.264 e. The maximum atomic E-state index is 14.4. The smallest absolute Gasteiger partial charge is 0.264 e. The van der Waals surface area contributed by atoms with Gasteiger partial charge in [-0.05, 0) is 86.0 Å². The van der Waals surface area contributed by atoms with Crippen LogP contribution in [-0.2, 0) is 20.0 Å². The van der Waals surface area contributed by atoms with Gasteiger partial charge in [-0.25, -0.2) is 0 Å². The van der Waals surface area contributed by atoms with Crippen LogP contribution in [0.2, 0.25) is 0 Å². The summed E-state index contributed by atoms with van der Waals surface area (Å²) < 4.78 is 13.4. The third kappa shape index (κ3) is 4.98. The summed E-state index contributed by atoms with van der Waals surface area (Å²) in [4.78, 5) is 32.3. The van der Waals surface area contributed by atoms with Crippen molar-refractivity contribution in [2.24, 2.45) is 7.05 Å². The van der Waals surface area contributed by atoms with Crippen LogP contribution < -0.4 is 14.4 Å². The van der Waals surface area contributed by atoms with Crippen molar-refractivity contribution in [2.75, 3.05) is 11.7 Å². The molecule has 5 aromatic rings. The molecule has 2 aliphatic heterocycles. The van der Waals surface area contributed by atoms with E-state index < -0.39 is 0 Å². The summed E-state index contributed by atoms with van der Waals surface area (Å²) in [5.41, 5.74) is 6.80. The fourth-order valence-corrected chi connectivity index (χ4v) is 6.29. The van der Waals surface area contributed by atoms with E-state index in [1.807, 2.05) is 78.0 Å². The van der Waals surface area contributed by atoms with Gasteiger partial charge >= 0.3 is 0 Å². The molecule has 1 aromatic heterocycles. The normalized spacial score (nSPS) is 15.1. The Morgan fingerprint density at radius 3 is 2.20 bits per heavy atom. The highest BCUT2D eigenvalue weighted by Gasteiger charge is 2.32. The van der Waals surface area contributed by atoms with Crippen molar-refractivity contribution >= 4 is 23.2 Å². The molecule has 4 aromatic carbocycles. The molecule has 0 bridgehead atoms. The van der Waals surface area contributed by atoms with Gasteiger partial charge in [0.2, 0.25) is 6.79 Å². The van der Waals surface area contributed by atoms with Crippen molar-refractivity contribution in [1.82, 2.24) is 9.47 Å². The van der Waals surface area contributed by atoms with Gasteiger partial charge in [-0.1, -0.05) is 42.5 Å². The van der Waals surface area contributed by atoms with Crippen LogP contribution in [0.3, 0.4) is 0 Å². The van der Waals surface area contributed by atoms with Crippen molar-refractivity contribution in [2.45, 2.75) is 32.9 Å². The molecule has 0 saturated carbocycles. The quantitative estimate of drug-likeness (QED) is 0.235. The van der Waals surface area contributed by atoms with Crippen LogP contribution in [0.1, 0.15) is 44.5 Å². The van der Waals surface area contributed by atoms with E-state index in [1.54, 1.807) is 35.2 Å². The summed E-state index contributed by atoms with van der Waals surface area (Å²) >= 11 is 0. The van der Waals surface area contributed by atoms with Gasteiger partial charge in [-0.3, -0.25) is 14.5 Å². The minimum Gasteiger partial charge on any atom is -0.508 e. The number of amides is 2. The highest BCUT2D eigenvalue weighted by atomic mass is 16.7. The summed E-state index contributed by atoms with van der Waals surface area (Å²) in [6, 6.07) is 29.7. The SMILES string of the molecule is Cc1c(C(=O)N(c2ccccc2)c2ccc(O)cc2)cc(-c2cc3c(cc2C(=O)N2Cc4ccccc4C[C@H]2C)OCO3)n1C. The number of para-hydroxylation sites is 1. The average molecular weight is 600 g/mol. The molecule has 0 saturated heterocycles. The van der Waals surface area contributed by atoms with Crippen molar-refractivity contribution in [3.63, 3.8) is 0 Å². The lowest BCUT2D eigenvalue weighted by Gasteiger charge is -2.35. The number of nitrogens with zero attached hydrogens (tertiary/aromatic N) is 3. The molecular weight excluding hydrogens is 566 g/mol. The summed E-state index contributed by atoms with van der Waals surface area (Å²) in [5, 5.41) is 9.91. The van der Waals surface area contributed by atoms with Crippen LogP contribution in [0.25, 0.3) is 11.3 Å². The van der Waals surface area contributed by atoms with Crippen LogP contribution in [0.4, 0.5) is 11.4 Å². The Morgan fingerprint density at radius 1 is 0.822 bits per heavy atom. The van der Waals surface area contributed by atoms with Gasteiger partial charge in [0.25, 0.3) is 11.8 Å². The highest BCUT2D eigenvalue weighted by molar-refractivity contribution is 6.12. The molecule has 2 aliphatic rings. The minimum atomic E-state index is -0.235. The number of carbonyl (C=O) groups is 2. The zero-order valence-electron chi connectivity index (χ0n) is 25.4. The number of fused-ring (bicyclic) bond motifs is 2. The fourth-order valence-electron chi connectivity index (χ4n) is 6.29. The zero-order valence-corrected chi connectivity index (χ0v) is 25.4. The maximum absolute atomic E-state index is 14.4. The first-order chi connectivity index (χ1) is 21.8. The van der Waals surface area contributed by atoms with E-state index in [-0.39, 0.29) is 30.4 Å². The van der Waals surface area contributed by atoms with E-state index >= 15 is 0 Å². The Bertz CT molecular complexity index is 1930. The van der Waals surface area contributed by atoms with E-state index in [1.165, 1.54) is 5.56 Å². The fraction of sp³-hybridized carbons (Fsp3) is 0.189.